The Morgan fingerprint density at radius 3 is 2.52 bits per heavy atom. The van der Waals surface area contributed by atoms with Crippen molar-refractivity contribution in [3.8, 4) is 0 Å². The van der Waals surface area contributed by atoms with Gasteiger partial charge in [0, 0.05) is 0 Å². The van der Waals surface area contributed by atoms with E-state index in [0.717, 1.165) is 11.0 Å². The minimum absolute atomic E-state index is 0.109. The number of hydrogen-bond donors (Lipinski definition) is 0. The number of ether oxygens (including phenoxy) is 1. The van der Waals surface area contributed by atoms with E-state index in [4.69, 9.17) is 4.74 Å². The molecule has 1 aromatic heterocycles. The summed E-state index contributed by atoms with van der Waals surface area (Å²) in [6.45, 7) is 0.454. The first-order chi connectivity index (χ1) is 14.2. The third-order valence-corrected chi connectivity index (χ3v) is 7.19. The van der Waals surface area contributed by atoms with Gasteiger partial charge in [-0.2, -0.15) is 0 Å². The van der Waals surface area contributed by atoms with Crippen LogP contribution >= 0.6 is 0 Å². The normalized spacial score (nSPS) is 17.9. The first kappa shape index (κ1) is 18.0. The molecule has 6 nitrogen and oxygen atoms in total. The van der Waals surface area contributed by atoms with Gasteiger partial charge in [-0.25, -0.2) is 0 Å². The van der Waals surface area contributed by atoms with E-state index in [0.29, 0.717) is 44.6 Å². The summed E-state index contributed by atoms with van der Waals surface area (Å²) in [4.78, 5) is 25.4. The van der Waals surface area contributed by atoms with Crippen molar-refractivity contribution in [2.75, 3.05) is 0 Å². The maximum atomic E-state index is 12.7. The Hall–Kier alpha value is -3.02. The van der Waals surface area contributed by atoms with Crippen molar-refractivity contribution in [1.82, 2.24) is 15.0 Å². The van der Waals surface area contributed by atoms with E-state index < -0.39 is 0 Å². The number of aromatic nitrogens is 3. The Labute approximate surface area is 173 Å². The quantitative estimate of drug-likeness (QED) is 0.556. The van der Waals surface area contributed by atoms with Crippen LogP contribution in [-0.2, 0) is 16.6 Å². The van der Waals surface area contributed by atoms with Crippen molar-refractivity contribution in [3.63, 3.8) is 0 Å². The molecule has 3 aromatic rings. The molecule has 2 aliphatic rings. The van der Waals surface area contributed by atoms with Crippen molar-refractivity contribution < 1.29 is 14.3 Å². The number of Topliss-reactive ketones (excluding diaryl/α,β-unsaturated/α-hetero) is 2. The fourth-order valence-corrected chi connectivity index (χ4v) is 5.30. The summed E-state index contributed by atoms with van der Waals surface area (Å²) >= 11 is 0.303. The molecule has 2 aromatic carbocycles. The number of nitrogens with zero attached hydrogens (tertiary/aromatic N) is 3. The third-order valence-electron chi connectivity index (χ3n) is 4.99. The molecule has 7 heteroatoms. The molecule has 0 saturated carbocycles. The zero-order valence-corrected chi connectivity index (χ0v) is 17.2. The molecular weight excluding hydrogens is 433 g/mol. The number of rotatable bonds is 5. The van der Waals surface area contributed by atoms with Crippen LogP contribution in [0.25, 0.3) is 0 Å². The fraction of sp³-hybridized carbons (Fsp3) is 0.182. The fourth-order valence-electron chi connectivity index (χ4n) is 3.63. The Bertz CT molecular complexity index is 1090. The van der Waals surface area contributed by atoms with E-state index in [1.54, 1.807) is 28.9 Å². The Balaban J connectivity index is 1.24. The van der Waals surface area contributed by atoms with Crippen molar-refractivity contribution >= 4 is 31.0 Å². The molecule has 1 aliphatic heterocycles. The molecule has 0 fully saturated rings. The van der Waals surface area contributed by atoms with Crippen LogP contribution in [0.15, 0.2) is 72.1 Å². The number of carbonyl (C=O) groups is 2. The van der Waals surface area contributed by atoms with Gasteiger partial charge < -0.3 is 0 Å². The van der Waals surface area contributed by atoms with E-state index in [1.165, 1.54) is 4.46 Å². The SMILES string of the molecule is O=C1C2=C(OC(Cn3cc(C[Se]c4ccccc4)nn3)C2)C(=O)c2ccccc21. The van der Waals surface area contributed by atoms with E-state index in [2.05, 4.69) is 22.4 Å². The topological polar surface area (TPSA) is 74.1 Å². The summed E-state index contributed by atoms with van der Waals surface area (Å²) in [5.41, 5.74) is 2.30. The second-order valence-corrected chi connectivity index (χ2v) is 9.19. The second-order valence-electron chi connectivity index (χ2n) is 6.99. The average Bonchev–Trinajstić information content (AvgIpc) is 3.39. The molecule has 29 heavy (non-hydrogen) atoms. The first-order valence-corrected chi connectivity index (χ1v) is 11.4. The molecule has 0 spiro atoms. The summed E-state index contributed by atoms with van der Waals surface area (Å²) in [5.74, 6) is -0.114. The van der Waals surface area contributed by atoms with Crippen molar-refractivity contribution in [3.05, 3.63) is 88.9 Å². The molecular formula is C22H17N3O3Se. The van der Waals surface area contributed by atoms with Gasteiger partial charge in [0.15, 0.2) is 0 Å². The van der Waals surface area contributed by atoms with E-state index in [1.807, 2.05) is 24.4 Å². The van der Waals surface area contributed by atoms with Crippen molar-refractivity contribution in [2.24, 2.45) is 0 Å². The Morgan fingerprint density at radius 1 is 1.00 bits per heavy atom. The number of benzene rings is 2. The number of hydrogen-bond acceptors (Lipinski definition) is 5. The van der Waals surface area contributed by atoms with E-state index >= 15 is 0 Å². The summed E-state index contributed by atoms with van der Waals surface area (Å²) in [7, 11) is 0. The number of carbonyl (C=O) groups excluding carboxylic acids is 2. The molecule has 1 unspecified atom stereocenters. The average molecular weight is 450 g/mol. The van der Waals surface area contributed by atoms with Gasteiger partial charge in [0.05, 0.1) is 0 Å². The molecule has 0 saturated heterocycles. The van der Waals surface area contributed by atoms with Gasteiger partial charge in [0.25, 0.3) is 0 Å². The van der Waals surface area contributed by atoms with Gasteiger partial charge in [0.2, 0.25) is 0 Å². The van der Waals surface area contributed by atoms with Crippen LogP contribution in [0.4, 0.5) is 0 Å². The maximum absolute atomic E-state index is 12.7. The van der Waals surface area contributed by atoms with Crippen molar-refractivity contribution in [2.45, 2.75) is 24.4 Å². The van der Waals surface area contributed by atoms with Crippen LogP contribution in [0.5, 0.6) is 0 Å². The van der Waals surface area contributed by atoms with Crippen molar-refractivity contribution in [1.29, 1.82) is 0 Å². The van der Waals surface area contributed by atoms with Gasteiger partial charge in [0.1, 0.15) is 0 Å². The number of ketones is 2. The van der Waals surface area contributed by atoms with Crippen LogP contribution in [0.2, 0.25) is 0 Å². The number of fused-ring (bicyclic) bond motifs is 1. The van der Waals surface area contributed by atoms with Crippen LogP contribution in [0, 0.1) is 0 Å². The molecule has 2 heterocycles. The van der Waals surface area contributed by atoms with Crippen LogP contribution in [0.1, 0.15) is 32.8 Å². The molecule has 0 amide bonds. The predicted octanol–water partition coefficient (Wildman–Crippen LogP) is 1.93. The summed E-state index contributed by atoms with van der Waals surface area (Å²) < 4.78 is 8.93. The van der Waals surface area contributed by atoms with Gasteiger partial charge in [-0.3, -0.25) is 0 Å². The molecule has 0 N–H and O–H groups in total. The molecule has 1 aliphatic carbocycles. The van der Waals surface area contributed by atoms with E-state index in [-0.39, 0.29) is 23.4 Å². The monoisotopic (exact) mass is 451 g/mol. The standard InChI is InChI=1S/C22H17N3O3Se/c26-20-17-8-4-5-9-18(17)21(27)22-19(20)10-15(28-22)12-25-11-14(23-24-25)13-29-16-6-2-1-3-7-16/h1-9,11,15H,10,12-13H2. The third kappa shape index (κ3) is 3.43. The zero-order valence-electron chi connectivity index (χ0n) is 15.4. The second kappa shape index (κ2) is 7.43. The summed E-state index contributed by atoms with van der Waals surface area (Å²) in [6, 6.07) is 17.3. The molecule has 0 radical (unpaired) electrons. The first-order valence-electron chi connectivity index (χ1n) is 9.34. The molecule has 144 valence electrons. The van der Waals surface area contributed by atoms with Crippen LogP contribution < -0.4 is 4.46 Å². The van der Waals surface area contributed by atoms with Crippen LogP contribution in [0.3, 0.4) is 0 Å². The molecule has 5 rings (SSSR count). The Morgan fingerprint density at radius 2 is 1.72 bits per heavy atom. The van der Waals surface area contributed by atoms with Gasteiger partial charge in [-0.1, -0.05) is 0 Å². The zero-order chi connectivity index (χ0) is 19.8. The molecule has 1 atom stereocenters. The molecule has 0 bridgehead atoms. The predicted molar refractivity (Wildman–Crippen MR) is 107 cm³/mol. The number of allylic oxidation sites excluding steroid dienone is 1. The summed E-state index contributed by atoms with van der Waals surface area (Å²) in [6.07, 6.45) is 2.04. The Kier molecular flexibility index (Phi) is 4.62. The minimum atomic E-state index is -0.295. The van der Waals surface area contributed by atoms with Gasteiger partial charge >= 0.3 is 174 Å². The van der Waals surface area contributed by atoms with Gasteiger partial charge in [-0.05, 0) is 0 Å². The van der Waals surface area contributed by atoms with Gasteiger partial charge in [-0.15, -0.1) is 0 Å². The van der Waals surface area contributed by atoms with E-state index in [9.17, 15) is 9.59 Å². The summed E-state index contributed by atoms with van der Waals surface area (Å²) in [5, 5.41) is 9.31. The van der Waals surface area contributed by atoms with Crippen LogP contribution in [-0.4, -0.2) is 47.6 Å².